The second-order valence-corrected chi connectivity index (χ2v) is 16.9. The largest absolute Gasteiger partial charge is 0.487 e. The lowest BCUT2D eigenvalue weighted by atomic mass is 9.75. The predicted octanol–water partition coefficient (Wildman–Crippen LogP) is 1.33. The number of benzene rings is 3. The molecule has 6 bridgehead atoms. The third-order valence-corrected chi connectivity index (χ3v) is 12.9. The number of aromatic nitrogens is 2. The summed E-state index contributed by atoms with van der Waals surface area (Å²) in [5.41, 5.74) is 13.7. The summed E-state index contributed by atoms with van der Waals surface area (Å²) in [5.74, 6) is 10.2. The highest BCUT2D eigenvalue weighted by Gasteiger charge is 2.60. The minimum atomic E-state index is -2.52. The fourth-order valence-electron chi connectivity index (χ4n) is 9.90. The fraction of sp³-hybridized carbons (Fsp3) is 0.375. The smallest absolute Gasteiger partial charge is 0.317 e. The maximum Gasteiger partial charge on any atom is 0.317 e. The molecule has 8 heterocycles. The van der Waals surface area contributed by atoms with Gasteiger partial charge in [0.25, 0.3) is 0 Å². The van der Waals surface area contributed by atoms with E-state index in [4.69, 9.17) is 44.6 Å². The number of fused-ring (bicyclic) bond motifs is 6. The molecule has 19 nitrogen and oxygen atoms in total. The van der Waals surface area contributed by atoms with Gasteiger partial charge in [0.2, 0.25) is 12.0 Å². The molecule has 0 amide bonds. The van der Waals surface area contributed by atoms with Gasteiger partial charge >= 0.3 is 11.9 Å². The van der Waals surface area contributed by atoms with Gasteiger partial charge in [0.1, 0.15) is 54.0 Å². The molecule has 3 aromatic carbocycles. The Kier molecular flexibility index (Phi) is 11.5. The first-order valence-corrected chi connectivity index (χ1v) is 21.6. The molecule has 5 aromatic rings. The van der Waals surface area contributed by atoms with Crippen LogP contribution >= 0.6 is 0 Å². The number of rotatable bonds is 11. The van der Waals surface area contributed by atoms with Crippen LogP contribution in [0.1, 0.15) is 70.7 Å². The Hall–Kier alpha value is -6.78. The van der Waals surface area contributed by atoms with Crippen LogP contribution in [0.4, 0.5) is 0 Å². The summed E-state index contributed by atoms with van der Waals surface area (Å²) in [6.07, 6.45) is -10.2. The molecular formula is C48H46N4O15. The number of carboxylic acids is 1. The number of carboxylic acid groups (broad SMARTS) is 1. The molecular weight excluding hydrogens is 873 g/mol. The third kappa shape index (κ3) is 7.55. The topological polar surface area (TPSA) is 293 Å². The molecule has 10 atom stereocenters. The Bertz CT molecular complexity index is 2880. The van der Waals surface area contributed by atoms with Gasteiger partial charge in [-0.25, -0.2) is 0 Å². The standard InChI is InChI=1S/C48H46N4O15/c49-46(50)43(65-34(57)18-33(55)56)45-48(60)14-6-10-26-28(20-52-19-24-13-15-51-37(24)29(52)21-53)35-32(17-31(26)64-47(67-45)38(58)44(48)59)63-39-25(23-7-2-1-3-8-23)9-4-5-16-61-41-30(62-22-54)12-11-27-36(39)42(35)66-40(27)41/h1-3,7-8,11-13,15,17,19,25,36,38-39,42-47,51,53-54,58-60H,5,14,16,18,20-22,49-50H2,(H,55,56)/t25-,36-,38-,39-,42+,43-,44-,45-,47-,48+/m1/s1. The van der Waals surface area contributed by atoms with Gasteiger partial charge in [0.15, 0.2) is 24.4 Å². The molecule has 67 heavy (non-hydrogen) atoms. The summed E-state index contributed by atoms with van der Waals surface area (Å²) in [5, 5.41) is 66.2. The van der Waals surface area contributed by atoms with Crippen LogP contribution in [0.5, 0.6) is 28.7 Å². The van der Waals surface area contributed by atoms with Gasteiger partial charge in [0.05, 0.1) is 48.0 Å². The molecule has 0 aliphatic carbocycles. The minimum absolute atomic E-state index is 0.00199. The molecule has 0 unspecified atom stereocenters. The summed E-state index contributed by atoms with van der Waals surface area (Å²) in [7, 11) is 0. The average Bonchev–Trinajstić information content (AvgIpc) is 4.01. The van der Waals surface area contributed by atoms with E-state index < -0.39 is 98.1 Å². The van der Waals surface area contributed by atoms with Crippen LogP contribution in [0.3, 0.4) is 0 Å². The van der Waals surface area contributed by atoms with Gasteiger partial charge in [-0.3, -0.25) is 9.59 Å². The van der Waals surface area contributed by atoms with Crippen LogP contribution in [0.25, 0.3) is 10.9 Å². The second kappa shape index (κ2) is 17.5. The van der Waals surface area contributed by atoms with E-state index >= 15 is 0 Å². The first-order valence-electron chi connectivity index (χ1n) is 21.6. The number of H-pyrrole nitrogens is 1. The van der Waals surface area contributed by atoms with E-state index in [0.29, 0.717) is 34.5 Å². The molecule has 0 spiro atoms. The Morgan fingerprint density at radius 3 is 2.60 bits per heavy atom. The van der Waals surface area contributed by atoms with Crippen molar-refractivity contribution in [2.24, 2.45) is 11.5 Å². The lowest BCUT2D eigenvalue weighted by Gasteiger charge is -2.50. The van der Waals surface area contributed by atoms with Crippen LogP contribution < -0.4 is 35.2 Å². The zero-order valence-electron chi connectivity index (χ0n) is 35.5. The summed E-state index contributed by atoms with van der Waals surface area (Å²) < 4.78 is 46.1. The van der Waals surface area contributed by atoms with Gasteiger partial charge < -0.3 is 84.8 Å². The number of nitrogens with two attached hydrogens (primary N) is 2. The van der Waals surface area contributed by atoms with Crippen molar-refractivity contribution >= 4 is 22.8 Å². The van der Waals surface area contributed by atoms with E-state index in [9.17, 15) is 40.2 Å². The molecule has 348 valence electrons. The van der Waals surface area contributed by atoms with Gasteiger partial charge in [0, 0.05) is 59.9 Å². The van der Waals surface area contributed by atoms with Crippen LogP contribution in [0.15, 0.2) is 67.0 Å². The number of aromatic amines is 1. The number of carbonyl (C=O) groups excluding carboxylic acids is 1. The Balaban J connectivity index is 1.19. The zero-order chi connectivity index (χ0) is 46.7. The highest BCUT2D eigenvalue weighted by molar-refractivity contribution is 5.90. The quantitative estimate of drug-likeness (QED) is 0.0391. The number of carbonyl (C=O) groups is 2. The maximum atomic E-state index is 12.7. The summed E-state index contributed by atoms with van der Waals surface area (Å²) in [4.78, 5) is 27.2. The van der Waals surface area contributed by atoms with E-state index in [0.717, 1.165) is 16.5 Å². The van der Waals surface area contributed by atoms with Crippen LogP contribution in [-0.4, -0.2) is 114 Å². The number of esters is 1. The average molecular weight is 919 g/mol. The number of aliphatic carboxylic acids is 1. The number of ether oxygens (including phenoxy) is 7. The van der Waals surface area contributed by atoms with Crippen molar-refractivity contribution in [2.75, 3.05) is 13.4 Å². The van der Waals surface area contributed by atoms with Crippen LogP contribution in [-0.2, 0) is 32.2 Å². The molecule has 11 N–H and O–H groups in total. The summed E-state index contributed by atoms with van der Waals surface area (Å²) >= 11 is 0. The zero-order valence-corrected chi connectivity index (χ0v) is 35.5. The Labute approximate surface area is 381 Å². The van der Waals surface area contributed by atoms with E-state index in [-0.39, 0.29) is 48.3 Å². The predicted molar refractivity (Wildman–Crippen MR) is 232 cm³/mol. The SMILES string of the molecule is NC(N)[C@H](OC(=O)CC(=O)O)[C@H]1O[C@H]2Oc3cc4c(c(Cn5cc6cc[nH]c6c5CO)c3C#CC[C@]1(O)[C@H](O)[C@H]2O)[C@@H]1Oc2c3ccc(OCO)c2OCCC#C[C@H](c2ccccc2)[C@@H](O4)[C@@H]31. The number of nitrogens with zero attached hydrogens (tertiary/aromatic N) is 1. The Morgan fingerprint density at radius 2 is 1.84 bits per heavy atom. The molecule has 11 rings (SSSR count). The van der Waals surface area contributed by atoms with Crippen molar-refractivity contribution < 1.29 is 73.4 Å². The van der Waals surface area contributed by atoms with Crippen molar-refractivity contribution in [1.82, 2.24) is 9.55 Å². The first kappa shape index (κ1) is 44.1. The molecule has 1 saturated heterocycles. The highest BCUT2D eigenvalue weighted by Crippen LogP contribution is 2.61. The fourth-order valence-corrected chi connectivity index (χ4v) is 9.90. The number of hydrogen-bond acceptors (Lipinski definition) is 16. The van der Waals surface area contributed by atoms with Gasteiger partial charge in [-0.1, -0.05) is 60.1 Å². The first-order chi connectivity index (χ1) is 32.4. The number of aliphatic hydroxyl groups is 5. The van der Waals surface area contributed by atoms with Crippen molar-refractivity contribution in [3.05, 3.63) is 101 Å². The lowest BCUT2D eigenvalue weighted by Crippen LogP contribution is -2.72. The van der Waals surface area contributed by atoms with Gasteiger partial charge in [-0.15, -0.1) is 0 Å². The lowest BCUT2D eigenvalue weighted by molar-refractivity contribution is -0.324. The molecule has 6 aliphatic rings. The van der Waals surface area contributed by atoms with Gasteiger partial charge in [-0.05, 0) is 17.7 Å². The molecule has 1 fully saturated rings. The minimum Gasteiger partial charge on any atom is -0.487 e. The molecule has 2 aromatic heterocycles. The van der Waals surface area contributed by atoms with Crippen LogP contribution in [0, 0.1) is 23.7 Å². The van der Waals surface area contributed by atoms with Crippen LogP contribution in [0.2, 0.25) is 0 Å². The molecule has 6 aliphatic heterocycles. The highest BCUT2D eigenvalue weighted by atomic mass is 16.7. The maximum absolute atomic E-state index is 12.7. The van der Waals surface area contributed by atoms with Gasteiger partial charge in [-0.2, -0.15) is 0 Å². The van der Waals surface area contributed by atoms with Crippen molar-refractivity contribution in [1.29, 1.82) is 0 Å². The molecule has 0 saturated carbocycles. The normalized spacial score (nSPS) is 26.9. The molecule has 19 heteroatoms. The monoisotopic (exact) mass is 918 g/mol. The Morgan fingerprint density at radius 1 is 1.01 bits per heavy atom. The number of hydrogen-bond donors (Lipinski definition) is 9. The van der Waals surface area contributed by atoms with E-state index in [1.54, 1.807) is 18.3 Å². The molecule has 0 radical (unpaired) electrons. The third-order valence-electron chi connectivity index (χ3n) is 12.9. The summed E-state index contributed by atoms with van der Waals surface area (Å²) in [6, 6.07) is 16.7. The van der Waals surface area contributed by atoms with Crippen molar-refractivity contribution in [2.45, 2.75) is 98.9 Å². The number of nitrogens with one attached hydrogen (secondary N) is 1. The van der Waals surface area contributed by atoms with E-state index in [1.807, 2.05) is 53.2 Å². The second-order valence-electron chi connectivity index (χ2n) is 16.9. The summed E-state index contributed by atoms with van der Waals surface area (Å²) in [6.45, 7) is -0.751. The number of aliphatic hydroxyl groups excluding tert-OH is 4. The van der Waals surface area contributed by atoms with E-state index in [1.165, 1.54) is 0 Å². The van der Waals surface area contributed by atoms with Crippen molar-refractivity contribution in [3.63, 3.8) is 0 Å². The van der Waals surface area contributed by atoms with E-state index in [2.05, 4.69) is 28.7 Å². The van der Waals surface area contributed by atoms with Crippen molar-refractivity contribution in [3.8, 4) is 52.4 Å².